The molecule has 0 saturated heterocycles. The maximum atomic E-state index is 13.4. The Morgan fingerprint density at radius 2 is 1.90 bits per heavy atom. The van der Waals surface area contributed by atoms with Gasteiger partial charge >= 0.3 is 13.7 Å². The summed E-state index contributed by atoms with van der Waals surface area (Å²) < 4.78 is 34.7. The molecule has 1 aromatic carbocycles. The number of hydrogen-bond donors (Lipinski definition) is 2. The zero-order chi connectivity index (χ0) is 22.7. The van der Waals surface area contributed by atoms with Gasteiger partial charge in [-0.15, -0.1) is 6.42 Å². The van der Waals surface area contributed by atoms with Crippen LogP contribution in [0, 0.1) is 12.3 Å². The van der Waals surface area contributed by atoms with Crippen molar-refractivity contribution in [3.05, 3.63) is 29.3 Å². The Balaban J connectivity index is 2.98. The number of carbonyl (C=O) groups is 1. The second kappa shape index (κ2) is 13.0. The second-order valence-corrected chi connectivity index (χ2v) is 8.58. The summed E-state index contributed by atoms with van der Waals surface area (Å²) in [6.45, 7) is 4.93. The van der Waals surface area contributed by atoms with Gasteiger partial charge in [0.25, 0.3) is 0 Å². The Kier molecular flexibility index (Phi) is 11.4. The van der Waals surface area contributed by atoms with Gasteiger partial charge < -0.3 is 19.1 Å². The van der Waals surface area contributed by atoms with Crippen molar-refractivity contribution in [1.82, 2.24) is 5.09 Å². The Hall–Kier alpha value is -1.59. The van der Waals surface area contributed by atoms with E-state index >= 15 is 0 Å². The molecule has 168 valence electrons. The SMILES string of the molecule is C#C[C@H](O)[C@@H](COP(=O)(N[C@@H](C)C(=O)OC(CC)CC)Oc1ccc(Cl)cc1)OC. The molecule has 8 nitrogen and oxygen atoms in total. The number of halogens is 1. The fraction of sp³-hybridized carbons (Fsp3) is 0.550. The number of nitrogens with one attached hydrogen (secondary N) is 1. The first-order valence-electron chi connectivity index (χ1n) is 9.52. The van der Waals surface area contributed by atoms with Crippen molar-refractivity contribution in [2.75, 3.05) is 13.7 Å². The van der Waals surface area contributed by atoms with Gasteiger partial charge in [-0.2, -0.15) is 5.09 Å². The van der Waals surface area contributed by atoms with Crippen LogP contribution >= 0.6 is 19.3 Å². The highest BCUT2D eigenvalue weighted by Crippen LogP contribution is 2.45. The van der Waals surface area contributed by atoms with Gasteiger partial charge in [-0.1, -0.05) is 31.4 Å². The molecule has 0 aliphatic rings. The number of esters is 1. The maximum absolute atomic E-state index is 13.4. The van der Waals surface area contributed by atoms with E-state index in [2.05, 4.69) is 11.0 Å². The van der Waals surface area contributed by atoms with Crippen molar-refractivity contribution in [2.45, 2.75) is 58.0 Å². The first-order chi connectivity index (χ1) is 14.2. The van der Waals surface area contributed by atoms with Crippen molar-refractivity contribution in [2.24, 2.45) is 0 Å². The van der Waals surface area contributed by atoms with Crippen LogP contribution in [0.4, 0.5) is 0 Å². The third-order valence-electron chi connectivity index (χ3n) is 4.17. The summed E-state index contributed by atoms with van der Waals surface area (Å²) in [6, 6.07) is 5.09. The second-order valence-electron chi connectivity index (χ2n) is 6.45. The van der Waals surface area contributed by atoms with Gasteiger partial charge in [0.2, 0.25) is 0 Å². The number of aliphatic hydroxyl groups is 1. The van der Waals surface area contributed by atoms with Crippen LogP contribution in [0.25, 0.3) is 0 Å². The van der Waals surface area contributed by atoms with Crippen LogP contribution in [-0.2, 0) is 23.4 Å². The summed E-state index contributed by atoms with van der Waals surface area (Å²) >= 11 is 5.86. The van der Waals surface area contributed by atoms with Gasteiger partial charge in [0.15, 0.2) is 0 Å². The van der Waals surface area contributed by atoms with Crippen LogP contribution < -0.4 is 9.61 Å². The van der Waals surface area contributed by atoms with Crippen LogP contribution in [0.5, 0.6) is 5.75 Å². The Morgan fingerprint density at radius 1 is 1.30 bits per heavy atom. The van der Waals surface area contributed by atoms with Gasteiger partial charge in [-0.3, -0.25) is 9.32 Å². The molecule has 0 aliphatic heterocycles. The summed E-state index contributed by atoms with van der Waals surface area (Å²) in [6.07, 6.45) is 4.03. The van der Waals surface area contributed by atoms with E-state index in [1.54, 1.807) is 12.1 Å². The van der Waals surface area contributed by atoms with Gasteiger partial charge in [-0.25, -0.2) is 4.57 Å². The number of benzene rings is 1. The molecule has 0 saturated carbocycles. The molecule has 1 aromatic rings. The Morgan fingerprint density at radius 3 is 2.40 bits per heavy atom. The van der Waals surface area contributed by atoms with Crippen molar-refractivity contribution in [3.8, 4) is 18.1 Å². The Bertz CT molecular complexity index is 749. The molecule has 0 fully saturated rings. The molecule has 0 heterocycles. The minimum absolute atomic E-state index is 0.197. The standard InChI is InChI=1S/C20H29ClNO7P/c1-6-16(7-2)28-20(24)14(4)22-30(25,27-13-19(26-5)18(23)8-3)29-17-11-9-15(21)10-12-17/h3,9-12,14,16,18-19,23H,6-7,13H2,1-2,4-5H3,(H,22,25)/t14-,18-,19+,30?/m0/s1. The van der Waals surface area contributed by atoms with E-state index in [0.29, 0.717) is 17.9 Å². The molecule has 1 rings (SSSR count). The lowest BCUT2D eigenvalue weighted by Gasteiger charge is -2.26. The number of ether oxygens (including phenoxy) is 2. The molecular formula is C20H29ClNO7P. The number of terminal acetylenes is 1. The predicted octanol–water partition coefficient (Wildman–Crippen LogP) is 3.56. The highest BCUT2D eigenvalue weighted by molar-refractivity contribution is 7.52. The topological polar surface area (TPSA) is 103 Å². The maximum Gasteiger partial charge on any atom is 0.459 e. The van der Waals surface area contributed by atoms with E-state index < -0.39 is 32.0 Å². The lowest BCUT2D eigenvalue weighted by molar-refractivity contribution is -0.151. The quantitative estimate of drug-likeness (QED) is 0.261. The molecule has 1 unspecified atom stereocenters. The minimum atomic E-state index is -4.10. The average Bonchev–Trinajstić information content (AvgIpc) is 2.73. The fourth-order valence-electron chi connectivity index (χ4n) is 2.30. The summed E-state index contributed by atoms with van der Waals surface area (Å²) in [5, 5.41) is 12.8. The zero-order valence-electron chi connectivity index (χ0n) is 17.5. The summed E-state index contributed by atoms with van der Waals surface area (Å²) in [7, 11) is -2.78. The molecule has 4 atom stereocenters. The summed E-state index contributed by atoms with van der Waals surface area (Å²) in [5.74, 6) is 1.71. The van der Waals surface area contributed by atoms with Crippen LogP contribution in [0.1, 0.15) is 33.6 Å². The lowest BCUT2D eigenvalue weighted by atomic mass is 10.2. The van der Waals surface area contributed by atoms with E-state index in [4.69, 9.17) is 36.5 Å². The fourth-order valence-corrected chi connectivity index (χ4v) is 3.93. The average molecular weight is 462 g/mol. The summed E-state index contributed by atoms with van der Waals surface area (Å²) in [4.78, 5) is 12.4. The monoisotopic (exact) mass is 461 g/mol. The van der Waals surface area contributed by atoms with Crippen LogP contribution in [-0.4, -0.2) is 49.1 Å². The number of rotatable bonds is 13. The number of methoxy groups -OCH3 is 1. The molecular weight excluding hydrogens is 433 g/mol. The minimum Gasteiger partial charge on any atom is -0.461 e. The molecule has 0 radical (unpaired) electrons. The molecule has 10 heteroatoms. The van der Waals surface area contributed by atoms with E-state index in [9.17, 15) is 14.5 Å². The molecule has 2 N–H and O–H groups in total. The zero-order valence-corrected chi connectivity index (χ0v) is 19.2. The summed E-state index contributed by atoms with van der Waals surface area (Å²) in [5.41, 5.74) is 0. The van der Waals surface area contributed by atoms with E-state index in [0.717, 1.165) is 0 Å². The van der Waals surface area contributed by atoms with Gasteiger partial charge in [0.1, 0.15) is 30.1 Å². The lowest BCUT2D eigenvalue weighted by Crippen LogP contribution is -2.38. The van der Waals surface area contributed by atoms with Crippen molar-refractivity contribution < 1.29 is 33.0 Å². The number of hydrogen-bond acceptors (Lipinski definition) is 7. The van der Waals surface area contributed by atoms with E-state index in [-0.39, 0.29) is 18.5 Å². The Labute approximate surface area is 182 Å². The first kappa shape index (κ1) is 26.4. The number of carbonyl (C=O) groups excluding carboxylic acids is 1. The third kappa shape index (κ3) is 8.65. The van der Waals surface area contributed by atoms with Crippen LogP contribution in [0.15, 0.2) is 24.3 Å². The molecule has 0 amide bonds. The molecule has 0 aliphatic carbocycles. The molecule has 0 aromatic heterocycles. The highest BCUT2D eigenvalue weighted by atomic mass is 35.5. The smallest absolute Gasteiger partial charge is 0.459 e. The van der Waals surface area contributed by atoms with E-state index in [1.807, 2.05) is 13.8 Å². The van der Waals surface area contributed by atoms with E-state index in [1.165, 1.54) is 26.2 Å². The predicted molar refractivity (Wildman–Crippen MR) is 114 cm³/mol. The molecule has 0 bridgehead atoms. The highest BCUT2D eigenvalue weighted by Gasteiger charge is 2.34. The van der Waals surface area contributed by atoms with Crippen molar-refractivity contribution in [1.29, 1.82) is 0 Å². The molecule has 0 spiro atoms. The van der Waals surface area contributed by atoms with Crippen molar-refractivity contribution >= 4 is 25.3 Å². The van der Waals surface area contributed by atoms with Crippen LogP contribution in [0.2, 0.25) is 5.02 Å². The third-order valence-corrected chi connectivity index (χ3v) is 6.07. The largest absolute Gasteiger partial charge is 0.461 e. The van der Waals surface area contributed by atoms with Crippen LogP contribution in [0.3, 0.4) is 0 Å². The number of aliphatic hydroxyl groups excluding tert-OH is 1. The van der Waals surface area contributed by atoms with Gasteiger partial charge in [-0.05, 0) is 44.0 Å². The van der Waals surface area contributed by atoms with Gasteiger partial charge in [0, 0.05) is 12.1 Å². The first-order valence-corrected chi connectivity index (χ1v) is 11.4. The van der Waals surface area contributed by atoms with Gasteiger partial charge in [0.05, 0.1) is 6.61 Å². The molecule has 30 heavy (non-hydrogen) atoms. The van der Waals surface area contributed by atoms with Crippen molar-refractivity contribution in [3.63, 3.8) is 0 Å². The normalized spacial score (nSPS) is 16.2.